The van der Waals surface area contributed by atoms with Crippen LogP contribution in [0.15, 0.2) is 0 Å². The maximum atomic E-state index is 10.9. The summed E-state index contributed by atoms with van der Waals surface area (Å²) in [5.74, 6) is -0.771. The van der Waals surface area contributed by atoms with Crippen molar-refractivity contribution >= 4 is 34.3 Å². The Kier molecular flexibility index (Phi) is 6.92. The fourth-order valence-electron chi connectivity index (χ4n) is 0.849. The molecule has 0 aromatic rings. The molecular formula is C9H17NO2S2. The topological polar surface area (TPSA) is 40.5 Å². The van der Waals surface area contributed by atoms with E-state index in [2.05, 4.69) is 0 Å². The van der Waals surface area contributed by atoms with E-state index in [9.17, 15) is 4.79 Å². The Morgan fingerprint density at radius 1 is 1.57 bits per heavy atom. The zero-order valence-electron chi connectivity index (χ0n) is 8.82. The molecule has 14 heavy (non-hydrogen) atoms. The molecule has 0 aliphatic rings. The van der Waals surface area contributed by atoms with Crippen LogP contribution in [0.1, 0.15) is 26.2 Å². The molecule has 0 saturated carbocycles. The first-order chi connectivity index (χ1) is 6.49. The van der Waals surface area contributed by atoms with Crippen LogP contribution < -0.4 is 0 Å². The number of carbonyl (C=O) groups is 1. The van der Waals surface area contributed by atoms with Crippen LogP contribution in [-0.2, 0) is 4.79 Å². The van der Waals surface area contributed by atoms with Gasteiger partial charge < -0.3 is 10.0 Å². The van der Waals surface area contributed by atoms with Gasteiger partial charge in [-0.05, 0) is 6.42 Å². The van der Waals surface area contributed by atoms with Gasteiger partial charge in [-0.3, -0.25) is 4.79 Å². The summed E-state index contributed by atoms with van der Waals surface area (Å²) < 4.78 is 0.633. The van der Waals surface area contributed by atoms with Gasteiger partial charge in [0.15, 0.2) is 0 Å². The molecule has 0 saturated heterocycles. The van der Waals surface area contributed by atoms with Gasteiger partial charge in [-0.25, -0.2) is 0 Å². The van der Waals surface area contributed by atoms with Crippen LogP contribution in [0.25, 0.3) is 0 Å². The van der Waals surface area contributed by atoms with Gasteiger partial charge >= 0.3 is 5.97 Å². The van der Waals surface area contributed by atoms with Gasteiger partial charge in [0.2, 0.25) is 0 Å². The molecule has 0 amide bonds. The van der Waals surface area contributed by atoms with E-state index in [0.29, 0.717) is 10.7 Å². The van der Waals surface area contributed by atoms with Crippen molar-refractivity contribution in [2.45, 2.75) is 31.4 Å². The van der Waals surface area contributed by atoms with Gasteiger partial charge in [0.1, 0.15) is 9.57 Å². The highest BCUT2D eigenvalue weighted by molar-refractivity contribution is 8.23. The van der Waals surface area contributed by atoms with Crippen molar-refractivity contribution in [3.05, 3.63) is 0 Å². The minimum absolute atomic E-state index is 0.398. The molecule has 3 nitrogen and oxygen atoms in total. The van der Waals surface area contributed by atoms with Crippen LogP contribution in [0.4, 0.5) is 0 Å². The SMILES string of the molecule is CCCCC(SC(=S)N(C)C)C(=O)O. The van der Waals surface area contributed by atoms with E-state index >= 15 is 0 Å². The molecule has 0 aromatic carbocycles. The van der Waals surface area contributed by atoms with Gasteiger partial charge in [-0.15, -0.1) is 0 Å². The Labute approximate surface area is 94.9 Å². The second kappa shape index (κ2) is 7.06. The minimum Gasteiger partial charge on any atom is -0.480 e. The van der Waals surface area contributed by atoms with Crippen molar-refractivity contribution in [2.24, 2.45) is 0 Å². The third-order valence-corrected chi connectivity index (χ3v) is 3.65. The Bertz CT molecular complexity index is 207. The third-order valence-electron chi connectivity index (χ3n) is 1.70. The molecule has 1 atom stereocenters. The van der Waals surface area contributed by atoms with Crippen LogP contribution >= 0.6 is 24.0 Å². The molecule has 0 spiro atoms. The molecule has 0 radical (unpaired) electrons. The number of nitrogens with zero attached hydrogens (tertiary/aromatic N) is 1. The van der Waals surface area contributed by atoms with E-state index in [1.54, 1.807) is 4.90 Å². The summed E-state index contributed by atoms with van der Waals surface area (Å²) in [6, 6.07) is 0. The van der Waals surface area contributed by atoms with Crippen molar-refractivity contribution in [3.63, 3.8) is 0 Å². The summed E-state index contributed by atoms with van der Waals surface area (Å²) in [4.78, 5) is 12.6. The minimum atomic E-state index is -0.771. The first-order valence-electron chi connectivity index (χ1n) is 4.59. The summed E-state index contributed by atoms with van der Waals surface area (Å²) in [6.07, 6.45) is 2.63. The molecule has 1 unspecified atom stereocenters. The number of thioether (sulfide) groups is 1. The van der Waals surface area contributed by atoms with Gasteiger partial charge in [0.05, 0.1) is 0 Å². The summed E-state index contributed by atoms with van der Waals surface area (Å²) in [5, 5.41) is 8.53. The van der Waals surface area contributed by atoms with E-state index in [1.807, 2.05) is 21.0 Å². The highest BCUT2D eigenvalue weighted by atomic mass is 32.2. The maximum absolute atomic E-state index is 10.9. The summed E-state index contributed by atoms with van der Waals surface area (Å²) in [6.45, 7) is 2.05. The first-order valence-corrected chi connectivity index (χ1v) is 5.88. The molecule has 0 rings (SSSR count). The molecule has 0 aliphatic heterocycles. The number of hydrogen-bond donors (Lipinski definition) is 1. The zero-order chi connectivity index (χ0) is 11.1. The quantitative estimate of drug-likeness (QED) is 0.740. The van der Waals surface area contributed by atoms with Crippen LogP contribution in [-0.4, -0.2) is 39.6 Å². The maximum Gasteiger partial charge on any atom is 0.317 e. The number of rotatable bonds is 5. The largest absolute Gasteiger partial charge is 0.480 e. The Morgan fingerprint density at radius 3 is 2.50 bits per heavy atom. The van der Waals surface area contributed by atoms with Crippen molar-refractivity contribution < 1.29 is 9.90 Å². The molecule has 0 heterocycles. The monoisotopic (exact) mass is 235 g/mol. The summed E-state index contributed by atoms with van der Waals surface area (Å²) in [7, 11) is 3.65. The first kappa shape index (κ1) is 13.7. The average molecular weight is 235 g/mol. The van der Waals surface area contributed by atoms with E-state index in [4.69, 9.17) is 17.3 Å². The van der Waals surface area contributed by atoms with Crippen molar-refractivity contribution in [2.75, 3.05) is 14.1 Å². The predicted molar refractivity (Wildman–Crippen MR) is 64.8 cm³/mol. The van der Waals surface area contributed by atoms with E-state index in [-0.39, 0.29) is 0 Å². The Morgan fingerprint density at radius 2 is 2.14 bits per heavy atom. The number of carboxylic acids is 1. The molecular weight excluding hydrogens is 218 g/mol. The highest BCUT2D eigenvalue weighted by Gasteiger charge is 2.20. The van der Waals surface area contributed by atoms with Crippen molar-refractivity contribution in [3.8, 4) is 0 Å². The predicted octanol–water partition coefficient (Wildman–Crippen LogP) is 2.21. The molecule has 0 fully saturated rings. The zero-order valence-corrected chi connectivity index (χ0v) is 10.5. The van der Waals surface area contributed by atoms with Gasteiger partial charge in [0.25, 0.3) is 0 Å². The van der Waals surface area contributed by atoms with Gasteiger partial charge in [-0.2, -0.15) is 0 Å². The smallest absolute Gasteiger partial charge is 0.317 e. The number of thiocarbonyl (C=S) groups is 1. The normalized spacial score (nSPS) is 12.2. The van der Waals surface area contributed by atoms with E-state index in [1.165, 1.54) is 11.8 Å². The highest BCUT2D eigenvalue weighted by Crippen LogP contribution is 2.20. The molecule has 0 aromatic heterocycles. The molecule has 0 bridgehead atoms. The van der Waals surface area contributed by atoms with Crippen LogP contribution in [0, 0.1) is 0 Å². The lowest BCUT2D eigenvalue weighted by Gasteiger charge is -2.17. The molecule has 1 N–H and O–H groups in total. The van der Waals surface area contributed by atoms with E-state index in [0.717, 1.165) is 12.8 Å². The van der Waals surface area contributed by atoms with Crippen LogP contribution in [0.5, 0.6) is 0 Å². The fraction of sp³-hybridized carbons (Fsp3) is 0.778. The Hall–Kier alpha value is -0.290. The van der Waals surface area contributed by atoms with Crippen molar-refractivity contribution in [1.29, 1.82) is 0 Å². The standard InChI is InChI=1S/C9H17NO2S2/c1-4-5-6-7(8(11)12)14-9(13)10(2)3/h7H,4-6H2,1-3H3,(H,11,12). The number of hydrogen-bond acceptors (Lipinski definition) is 3. The Balaban J connectivity index is 4.09. The lowest BCUT2D eigenvalue weighted by molar-refractivity contribution is -0.136. The number of aliphatic carboxylic acids is 1. The van der Waals surface area contributed by atoms with Crippen LogP contribution in [0.3, 0.4) is 0 Å². The van der Waals surface area contributed by atoms with E-state index < -0.39 is 11.2 Å². The second-order valence-electron chi connectivity index (χ2n) is 3.25. The second-order valence-corrected chi connectivity index (χ2v) is 5.08. The number of unbranched alkanes of at least 4 members (excludes halogenated alkanes) is 1. The van der Waals surface area contributed by atoms with Crippen molar-refractivity contribution in [1.82, 2.24) is 4.90 Å². The molecule has 82 valence electrons. The van der Waals surface area contributed by atoms with Gasteiger partial charge in [0, 0.05) is 14.1 Å². The van der Waals surface area contributed by atoms with Gasteiger partial charge in [-0.1, -0.05) is 43.7 Å². The lowest BCUT2D eigenvalue weighted by Crippen LogP contribution is -2.24. The summed E-state index contributed by atoms with van der Waals surface area (Å²) >= 11 is 6.31. The van der Waals surface area contributed by atoms with Crippen LogP contribution in [0.2, 0.25) is 0 Å². The average Bonchev–Trinajstić information content (AvgIpc) is 2.10. The lowest BCUT2D eigenvalue weighted by atomic mass is 10.2. The summed E-state index contributed by atoms with van der Waals surface area (Å²) in [5.41, 5.74) is 0. The fourth-order valence-corrected chi connectivity index (χ4v) is 2.04. The number of carboxylic acid groups (broad SMARTS) is 1. The third kappa shape index (κ3) is 5.44. The molecule has 0 aliphatic carbocycles. The molecule has 5 heteroatoms.